The highest BCUT2D eigenvalue weighted by Crippen LogP contribution is 2.37. The average Bonchev–Trinajstić information content (AvgIpc) is 2.29. The fourth-order valence-electron chi connectivity index (χ4n) is 1.69. The normalized spacial score (nSPS) is 31.1. The lowest BCUT2D eigenvalue weighted by Gasteiger charge is -2.25. The molecule has 0 spiro atoms. The van der Waals surface area contributed by atoms with Crippen LogP contribution in [0.3, 0.4) is 0 Å². The summed E-state index contributed by atoms with van der Waals surface area (Å²) in [5, 5.41) is 0. The maximum absolute atomic E-state index is 5.79. The molecular formula is C10H22NOP. The van der Waals surface area contributed by atoms with Crippen molar-refractivity contribution in [3.05, 3.63) is 0 Å². The second-order valence-electron chi connectivity index (χ2n) is 4.62. The molecule has 0 saturated carbocycles. The maximum Gasteiger partial charge on any atom is 0.0662 e. The maximum atomic E-state index is 5.79. The van der Waals surface area contributed by atoms with E-state index in [1.54, 1.807) is 0 Å². The van der Waals surface area contributed by atoms with Gasteiger partial charge in [0.05, 0.1) is 6.61 Å². The van der Waals surface area contributed by atoms with Gasteiger partial charge in [-0.15, -0.1) is 0 Å². The van der Waals surface area contributed by atoms with Gasteiger partial charge in [0.25, 0.3) is 0 Å². The third kappa shape index (κ3) is 3.46. The third-order valence-corrected chi connectivity index (χ3v) is 3.65. The van der Waals surface area contributed by atoms with Crippen LogP contribution in [0.5, 0.6) is 0 Å². The highest BCUT2D eigenvalue weighted by atomic mass is 31.2. The summed E-state index contributed by atoms with van der Waals surface area (Å²) in [4.78, 5) is 2.43. The van der Waals surface area contributed by atoms with E-state index in [-0.39, 0.29) is 0 Å². The van der Waals surface area contributed by atoms with Crippen LogP contribution in [0.1, 0.15) is 19.8 Å². The second-order valence-corrected chi connectivity index (χ2v) is 8.02. The van der Waals surface area contributed by atoms with Crippen LogP contribution in [0.15, 0.2) is 0 Å². The van der Waals surface area contributed by atoms with E-state index < -0.39 is 7.11 Å². The lowest BCUT2D eigenvalue weighted by Crippen LogP contribution is -2.33. The molecule has 1 aliphatic heterocycles. The summed E-state index contributed by atoms with van der Waals surface area (Å²) < 4.78 is 5.79. The molecule has 13 heavy (non-hydrogen) atoms. The second kappa shape index (κ2) is 4.16. The van der Waals surface area contributed by atoms with Crippen molar-refractivity contribution >= 4 is 13.4 Å². The molecule has 0 bridgehead atoms. The minimum atomic E-state index is -1.29. The van der Waals surface area contributed by atoms with Gasteiger partial charge in [0.2, 0.25) is 0 Å². The molecule has 1 fully saturated rings. The van der Waals surface area contributed by atoms with Crippen LogP contribution in [0.25, 0.3) is 0 Å². The summed E-state index contributed by atoms with van der Waals surface area (Å²) in [5.41, 5.74) is 0. The minimum absolute atomic E-state index is 0.621. The highest BCUT2D eigenvalue weighted by Gasteiger charge is 2.27. The summed E-state index contributed by atoms with van der Waals surface area (Å²) >= 11 is 0. The standard InChI is InChI=1S/C10H22NOP/c1-9-6-7-10(11(9)2)8-12-13(3,4)5/h9-10H,3,6-8H2,1-2,4-5H3. The van der Waals surface area contributed by atoms with E-state index in [1.807, 2.05) is 0 Å². The van der Waals surface area contributed by atoms with E-state index in [2.05, 4.69) is 38.5 Å². The Hall–Kier alpha value is 0.220. The van der Waals surface area contributed by atoms with Gasteiger partial charge in [-0.3, -0.25) is 4.90 Å². The van der Waals surface area contributed by atoms with Crippen LogP contribution >= 0.6 is 7.11 Å². The van der Waals surface area contributed by atoms with Gasteiger partial charge in [-0.25, -0.2) is 0 Å². The minimum Gasteiger partial charge on any atom is -0.361 e. The first-order valence-electron chi connectivity index (χ1n) is 4.95. The topological polar surface area (TPSA) is 12.5 Å². The number of rotatable bonds is 3. The van der Waals surface area contributed by atoms with Crippen LogP contribution in [0, 0.1) is 0 Å². The van der Waals surface area contributed by atoms with Gasteiger partial charge < -0.3 is 4.52 Å². The summed E-state index contributed by atoms with van der Waals surface area (Å²) in [6.07, 6.45) is 6.63. The first kappa shape index (κ1) is 11.3. The molecule has 2 unspecified atom stereocenters. The quantitative estimate of drug-likeness (QED) is 0.651. The van der Waals surface area contributed by atoms with Crippen LogP contribution < -0.4 is 0 Å². The molecule has 2 nitrogen and oxygen atoms in total. The Bertz CT molecular complexity index is 211. The smallest absolute Gasteiger partial charge is 0.0662 e. The van der Waals surface area contributed by atoms with Gasteiger partial charge in [0.1, 0.15) is 0 Å². The summed E-state index contributed by atoms with van der Waals surface area (Å²) in [6, 6.07) is 1.34. The van der Waals surface area contributed by atoms with Crippen molar-refractivity contribution in [1.29, 1.82) is 0 Å². The molecule has 0 N–H and O–H groups in total. The molecule has 1 rings (SSSR count). The Labute approximate surface area is 82.3 Å². The molecule has 78 valence electrons. The lowest BCUT2D eigenvalue weighted by molar-refractivity contribution is 0.184. The number of hydrogen-bond acceptors (Lipinski definition) is 2. The highest BCUT2D eigenvalue weighted by molar-refractivity contribution is 7.67. The van der Waals surface area contributed by atoms with E-state index in [9.17, 15) is 0 Å². The first-order valence-corrected chi connectivity index (χ1v) is 7.73. The molecule has 0 aromatic heterocycles. The Morgan fingerprint density at radius 2 is 2.08 bits per heavy atom. The van der Waals surface area contributed by atoms with Crippen molar-refractivity contribution in [3.8, 4) is 0 Å². The van der Waals surface area contributed by atoms with Crippen molar-refractivity contribution in [2.75, 3.05) is 27.0 Å². The monoisotopic (exact) mass is 203 g/mol. The van der Waals surface area contributed by atoms with Gasteiger partial charge in [-0.2, -0.15) is 0 Å². The van der Waals surface area contributed by atoms with Gasteiger partial charge in [0.15, 0.2) is 0 Å². The van der Waals surface area contributed by atoms with Crippen molar-refractivity contribution < 1.29 is 4.52 Å². The summed E-state index contributed by atoms with van der Waals surface area (Å²) in [7, 11) is 0.904. The molecule has 1 aliphatic rings. The van der Waals surface area contributed by atoms with Gasteiger partial charge in [-0.05, 0) is 47.3 Å². The average molecular weight is 203 g/mol. The zero-order chi connectivity index (χ0) is 10.1. The fourth-order valence-corrected chi connectivity index (χ4v) is 2.27. The van der Waals surface area contributed by atoms with Gasteiger partial charge in [0, 0.05) is 12.1 Å². The molecule has 2 atom stereocenters. The molecule has 0 amide bonds. The Morgan fingerprint density at radius 3 is 2.46 bits per heavy atom. The summed E-state index contributed by atoms with van der Waals surface area (Å²) in [6.45, 7) is 7.38. The molecular weight excluding hydrogens is 181 g/mol. The van der Waals surface area contributed by atoms with E-state index in [0.29, 0.717) is 6.04 Å². The lowest BCUT2D eigenvalue weighted by atomic mass is 10.2. The van der Waals surface area contributed by atoms with Crippen molar-refractivity contribution in [3.63, 3.8) is 0 Å². The predicted molar refractivity (Wildman–Crippen MR) is 62.1 cm³/mol. The molecule has 0 aliphatic carbocycles. The third-order valence-electron chi connectivity index (χ3n) is 2.81. The number of hydrogen-bond donors (Lipinski definition) is 0. The Kier molecular flexibility index (Phi) is 3.62. The van der Waals surface area contributed by atoms with E-state index in [4.69, 9.17) is 4.52 Å². The fraction of sp³-hybridized carbons (Fsp3) is 0.900. The molecule has 1 saturated heterocycles. The number of likely N-dealkylation sites (tertiary alicyclic amines) is 1. The zero-order valence-electron chi connectivity index (χ0n) is 9.29. The largest absolute Gasteiger partial charge is 0.361 e. The van der Waals surface area contributed by atoms with Gasteiger partial charge >= 0.3 is 0 Å². The molecule has 0 aromatic carbocycles. The van der Waals surface area contributed by atoms with Crippen LogP contribution in [0.4, 0.5) is 0 Å². The summed E-state index contributed by atoms with van der Waals surface area (Å²) in [5.74, 6) is 0. The van der Waals surface area contributed by atoms with Crippen molar-refractivity contribution in [2.24, 2.45) is 0 Å². The predicted octanol–water partition coefficient (Wildman–Crippen LogP) is 2.11. The van der Waals surface area contributed by atoms with Crippen LogP contribution in [-0.2, 0) is 4.52 Å². The SMILES string of the molecule is C=P(C)(C)OCC1CCC(C)N1C. The van der Waals surface area contributed by atoms with Crippen molar-refractivity contribution in [2.45, 2.75) is 31.8 Å². The number of likely N-dealkylation sites (N-methyl/N-ethyl adjacent to an activating group) is 1. The van der Waals surface area contributed by atoms with E-state index in [0.717, 1.165) is 12.6 Å². The molecule has 0 radical (unpaired) electrons. The molecule has 1 heterocycles. The van der Waals surface area contributed by atoms with Crippen LogP contribution in [0.2, 0.25) is 0 Å². The van der Waals surface area contributed by atoms with E-state index >= 15 is 0 Å². The van der Waals surface area contributed by atoms with Crippen LogP contribution in [-0.4, -0.2) is 50.3 Å². The van der Waals surface area contributed by atoms with Gasteiger partial charge in [-0.1, -0.05) is 6.30 Å². The Morgan fingerprint density at radius 1 is 1.46 bits per heavy atom. The van der Waals surface area contributed by atoms with Crippen molar-refractivity contribution in [1.82, 2.24) is 4.90 Å². The first-order chi connectivity index (χ1) is 5.90. The van der Waals surface area contributed by atoms with E-state index in [1.165, 1.54) is 12.8 Å². The molecule has 0 aromatic rings. The molecule has 3 heteroatoms. The Balaban J connectivity index is 2.35. The number of nitrogens with zero attached hydrogens (tertiary/aromatic N) is 1. The zero-order valence-corrected chi connectivity index (χ0v) is 10.2.